The number of carbonyl (C=O) groups is 1. The molecule has 0 aliphatic rings. The first-order valence-electron chi connectivity index (χ1n) is 9.26. The summed E-state index contributed by atoms with van der Waals surface area (Å²) in [4.78, 5) is 22.4. The number of nitrogens with zero attached hydrogens (tertiary/aromatic N) is 2. The Labute approximate surface area is 194 Å². The molecular weight excluding hydrogens is 510 g/mol. The van der Waals surface area contributed by atoms with E-state index in [9.17, 15) is 18.0 Å². The van der Waals surface area contributed by atoms with E-state index in [1.165, 1.54) is 30.3 Å². The van der Waals surface area contributed by atoms with Gasteiger partial charge in [0.25, 0.3) is 11.6 Å². The van der Waals surface area contributed by atoms with Crippen molar-refractivity contribution in [3.05, 3.63) is 68.4 Å². The number of hydrogen-bond donors (Lipinski definition) is 1. The van der Waals surface area contributed by atoms with E-state index >= 15 is 0 Å². The SMILES string of the molecule is CNC(=O)/C(=N/OC)c1cccc(C)c1CO/N=C(\C)c1c(F)cc(Br)cc1C(F)(F)P. The molecule has 0 aliphatic heterocycles. The molecule has 1 N–H and O–H groups in total. The normalized spacial score (nSPS) is 12.5. The Balaban J connectivity index is 2.41. The second-order valence-corrected chi connectivity index (χ2v) is 8.33. The summed E-state index contributed by atoms with van der Waals surface area (Å²) < 4.78 is 42.7. The first-order valence-corrected chi connectivity index (χ1v) is 10.6. The average molecular weight is 532 g/mol. The van der Waals surface area contributed by atoms with Crippen LogP contribution in [-0.4, -0.2) is 31.5 Å². The van der Waals surface area contributed by atoms with Crippen molar-refractivity contribution in [3.63, 3.8) is 0 Å². The van der Waals surface area contributed by atoms with Gasteiger partial charge >= 0.3 is 0 Å². The van der Waals surface area contributed by atoms with Crippen LogP contribution in [0.3, 0.4) is 0 Å². The zero-order chi connectivity index (χ0) is 24.1. The van der Waals surface area contributed by atoms with Crippen LogP contribution < -0.4 is 5.32 Å². The van der Waals surface area contributed by atoms with Crippen molar-refractivity contribution in [1.82, 2.24) is 5.32 Å². The predicted octanol–water partition coefficient (Wildman–Crippen LogP) is 4.86. The van der Waals surface area contributed by atoms with Gasteiger partial charge in [0.1, 0.15) is 19.5 Å². The van der Waals surface area contributed by atoms with Gasteiger partial charge in [-0.15, -0.1) is 0 Å². The lowest BCUT2D eigenvalue weighted by atomic mass is 9.98. The maximum atomic E-state index is 14.5. The zero-order valence-electron chi connectivity index (χ0n) is 17.8. The molecule has 0 aliphatic carbocycles. The van der Waals surface area contributed by atoms with Crippen molar-refractivity contribution >= 4 is 42.5 Å². The topological polar surface area (TPSA) is 72.3 Å². The van der Waals surface area contributed by atoms with Crippen molar-refractivity contribution in [2.24, 2.45) is 10.3 Å². The summed E-state index contributed by atoms with van der Waals surface area (Å²) in [5.41, 5.74) is -2.52. The van der Waals surface area contributed by atoms with E-state index < -0.39 is 23.0 Å². The molecule has 32 heavy (non-hydrogen) atoms. The van der Waals surface area contributed by atoms with Crippen LogP contribution in [0.1, 0.15) is 34.7 Å². The molecule has 0 radical (unpaired) electrons. The zero-order valence-corrected chi connectivity index (χ0v) is 20.5. The van der Waals surface area contributed by atoms with Gasteiger partial charge in [-0.25, -0.2) is 4.39 Å². The number of halogens is 4. The van der Waals surface area contributed by atoms with E-state index in [0.717, 1.165) is 17.7 Å². The van der Waals surface area contributed by atoms with Crippen LogP contribution in [0.5, 0.6) is 0 Å². The summed E-state index contributed by atoms with van der Waals surface area (Å²) >= 11 is 3.02. The third-order valence-electron chi connectivity index (χ3n) is 4.48. The summed E-state index contributed by atoms with van der Waals surface area (Å²) in [7, 11) is 4.16. The number of rotatable bonds is 8. The molecule has 6 nitrogen and oxygen atoms in total. The number of nitrogens with one attached hydrogen (secondary N) is 1. The highest BCUT2D eigenvalue weighted by molar-refractivity contribution is 9.10. The Morgan fingerprint density at radius 1 is 1.28 bits per heavy atom. The molecule has 2 aromatic carbocycles. The van der Waals surface area contributed by atoms with Crippen molar-refractivity contribution in [2.45, 2.75) is 26.1 Å². The first kappa shape index (κ1) is 25.8. The fraction of sp³-hybridized carbons (Fsp3) is 0.286. The van der Waals surface area contributed by atoms with E-state index in [-0.39, 0.29) is 28.1 Å². The summed E-state index contributed by atoms with van der Waals surface area (Å²) in [6, 6.07) is 7.40. The van der Waals surface area contributed by atoms with E-state index in [4.69, 9.17) is 9.68 Å². The molecule has 0 fully saturated rings. The average Bonchev–Trinajstić information content (AvgIpc) is 2.71. The lowest BCUT2D eigenvalue weighted by Crippen LogP contribution is -2.29. The van der Waals surface area contributed by atoms with Crippen LogP contribution in [0.2, 0.25) is 0 Å². The molecule has 11 heteroatoms. The molecule has 0 bridgehead atoms. The first-order chi connectivity index (χ1) is 15.0. The Morgan fingerprint density at radius 3 is 2.56 bits per heavy atom. The minimum atomic E-state index is -3.38. The highest BCUT2D eigenvalue weighted by atomic mass is 79.9. The van der Waals surface area contributed by atoms with Crippen LogP contribution in [0.25, 0.3) is 0 Å². The monoisotopic (exact) mass is 531 g/mol. The molecule has 0 heterocycles. The minimum Gasteiger partial charge on any atom is -0.398 e. The van der Waals surface area contributed by atoms with E-state index in [2.05, 4.69) is 31.6 Å². The molecule has 0 spiro atoms. The number of carbonyl (C=O) groups excluding carboxylic acids is 1. The van der Waals surface area contributed by atoms with Crippen molar-refractivity contribution in [2.75, 3.05) is 14.2 Å². The summed E-state index contributed by atoms with van der Waals surface area (Å²) in [6.45, 7) is 3.05. The molecule has 172 valence electrons. The molecule has 0 saturated heterocycles. The third-order valence-corrected chi connectivity index (χ3v) is 5.25. The largest absolute Gasteiger partial charge is 0.398 e. The van der Waals surface area contributed by atoms with E-state index in [1.54, 1.807) is 25.1 Å². The molecule has 0 saturated carbocycles. The van der Waals surface area contributed by atoms with Gasteiger partial charge in [-0.2, -0.15) is 8.78 Å². The van der Waals surface area contributed by atoms with Crippen LogP contribution in [0.4, 0.5) is 13.2 Å². The fourth-order valence-electron chi connectivity index (χ4n) is 2.98. The standard InChI is InChI=1S/C21H22BrF3N3O3P/c1-11-6-5-7-14(19(28-30-4)20(29)26-3)15(11)10-31-27-12(2)18-16(21(24,25)32)8-13(22)9-17(18)23/h5-9H,10,32H2,1-4H3,(H,26,29)/b27-12+,28-19+. The number of oxime groups is 2. The number of alkyl halides is 2. The second kappa shape index (κ2) is 10.9. The minimum absolute atomic E-state index is 0.0295. The highest BCUT2D eigenvalue weighted by Gasteiger charge is 2.31. The van der Waals surface area contributed by atoms with Crippen molar-refractivity contribution < 1.29 is 27.6 Å². The molecule has 1 atom stereocenters. The third kappa shape index (κ3) is 6.07. The predicted molar refractivity (Wildman–Crippen MR) is 123 cm³/mol. The van der Waals surface area contributed by atoms with Crippen LogP contribution in [-0.2, 0) is 26.7 Å². The van der Waals surface area contributed by atoms with Crippen LogP contribution in [0.15, 0.2) is 45.1 Å². The van der Waals surface area contributed by atoms with E-state index in [0.29, 0.717) is 11.1 Å². The highest BCUT2D eigenvalue weighted by Crippen LogP contribution is 2.39. The molecule has 2 rings (SSSR count). The lowest BCUT2D eigenvalue weighted by molar-refractivity contribution is -0.114. The van der Waals surface area contributed by atoms with Crippen molar-refractivity contribution in [3.8, 4) is 0 Å². The van der Waals surface area contributed by atoms with Gasteiger partial charge in [-0.05, 0) is 31.5 Å². The quantitative estimate of drug-likeness (QED) is 0.300. The second-order valence-electron chi connectivity index (χ2n) is 6.69. The number of amides is 1. The Kier molecular flexibility index (Phi) is 8.81. The van der Waals surface area contributed by atoms with Crippen LogP contribution in [0, 0.1) is 12.7 Å². The molecule has 0 aromatic heterocycles. The molecular formula is C21H22BrF3N3O3P. The van der Waals surface area contributed by atoms with Gasteiger partial charge in [-0.3, -0.25) is 4.79 Å². The van der Waals surface area contributed by atoms with Gasteiger partial charge in [0.2, 0.25) is 0 Å². The van der Waals surface area contributed by atoms with Crippen LogP contribution >= 0.6 is 25.2 Å². The summed E-state index contributed by atoms with van der Waals surface area (Å²) in [5.74, 6) is -1.34. The molecule has 1 amide bonds. The van der Waals surface area contributed by atoms with Gasteiger partial charge in [0.15, 0.2) is 5.71 Å². The van der Waals surface area contributed by atoms with Gasteiger partial charge in [0, 0.05) is 33.8 Å². The Hall–Kier alpha value is -2.45. The number of benzene rings is 2. The van der Waals surface area contributed by atoms with Gasteiger partial charge in [-0.1, -0.05) is 53.7 Å². The number of aryl methyl sites for hydroxylation is 1. The van der Waals surface area contributed by atoms with E-state index in [1.807, 2.05) is 0 Å². The summed E-state index contributed by atoms with van der Waals surface area (Å²) in [6.07, 6.45) is 0. The van der Waals surface area contributed by atoms with Gasteiger partial charge in [0.05, 0.1) is 5.71 Å². The number of likely N-dealkylation sites (N-methyl/N-ethyl adjacent to an activating group) is 1. The maximum absolute atomic E-state index is 14.5. The maximum Gasteiger partial charge on any atom is 0.284 e. The fourth-order valence-corrected chi connectivity index (χ4v) is 3.64. The van der Waals surface area contributed by atoms with Gasteiger partial charge < -0.3 is 15.0 Å². The smallest absolute Gasteiger partial charge is 0.284 e. The summed E-state index contributed by atoms with van der Waals surface area (Å²) in [5, 5.41) is 10.1. The van der Waals surface area contributed by atoms with Crippen molar-refractivity contribution in [1.29, 1.82) is 0 Å². The number of hydrogen-bond acceptors (Lipinski definition) is 5. The molecule has 2 aromatic rings. The molecule has 1 unspecified atom stereocenters. The Morgan fingerprint density at radius 2 is 1.97 bits per heavy atom. The Bertz CT molecular complexity index is 1070. The lowest BCUT2D eigenvalue weighted by Gasteiger charge is -2.17.